The smallest absolute Gasteiger partial charge is 0.323 e. The van der Waals surface area contributed by atoms with E-state index in [2.05, 4.69) is 27.2 Å². The van der Waals surface area contributed by atoms with Crippen LogP contribution in [0.2, 0.25) is 0 Å². The Kier molecular flexibility index (Phi) is 4.94. The van der Waals surface area contributed by atoms with Gasteiger partial charge in [-0.3, -0.25) is 0 Å². The molecule has 1 aromatic heterocycles. The maximum absolute atomic E-state index is 9.55. The van der Waals surface area contributed by atoms with Crippen LogP contribution in [0.4, 0.5) is 11.9 Å². The molecular weight excluding hydrogens is 258 g/mol. The molecule has 1 aliphatic rings. The van der Waals surface area contributed by atoms with Crippen molar-refractivity contribution in [2.45, 2.75) is 32.7 Å². The van der Waals surface area contributed by atoms with E-state index in [1.165, 1.54) is 0 Å². The summed E-state index contributed by atoms with van der Waals surface area (Å²) in [6.45, 7) is 5.69. The summed E-state index contributed by atoms with van der Waals surface area (Å²) >= 11 is 0. The van der Waals surface area contributed by atoms with Crippen LogP contribution in [0.15, 0.2) is 0 Å². The SMILES string of the molecule is CCCOc1nc(NC)nc(N2CCC(C)C2CO)n1. The highest BCUT2D eigenvalue weighted by Crippen LogP contribution is 2.28. The molecule has 1 aliphatic heterocycles. The standard InChI is InChI=1S/C13H23N5O2/c1-4-7-20-13-16-11(14-3)15-12(17-13)18-6-5-9(2)10(18)8-19/h9-10,19H,4-8H2,1-3H3,(H,14,15,16,17). The highest BCUT2D eigenvalue weighted by atomic mass is 16.5. The summed E-state index contributed by atoms with van der Waals surface area (Å²) in [5, 5.41) is 12.5. The lowest BCUT2D eigenvalue weighted by molar-refractivity contribution is 0.243. The number of anilines is 2. The van der Waals surface area contributed by atoms with Crippen LogP contribution < -0.4 is 15.0 Å². The quantitative estimate of drug-likeness (QED) is 0.801. The molecule has 0 saturated carbocycles. The van der Waals surface area contributed by atoms with E-state index in [1.807, 2.05) is 11.8 Å². The summed E-state index contributed by atoms with van der Waals surface area (Å²) in [4.78, 5) is 15.0. The van der Waals surface area contributed by atoms with Crippen LogP contribution in [-0.2, 0) is 0 Å². The third kappa shape index (κ3) is 3.09. The number of hydrogen-bond acceptors (Lipinski definition) is 7. The molecule has 2 atom stereocenters. The number of rotatable bonds is 6. The highest BCUT2D eigenvalue weighted by Gasteiger charge is 2.32. The van der Waals surface area contributed by atoms with Crippen LogP contribution >= 0.6 is 0 Å². The first kappa shape index (κ1) is 14.8. The molecule has 0 aliphatic carbocycles. The molecule has 0 spiro atoms. The Morgan fingerprint density at radius 3 is 2.85 bits per heavy atom. The fourth-order valence-corrected chi connectivity index (χ4v) is 2.38. The highest BCUT2D eigenvalue weighted by molar-refractivity contribution is 5.40. The van der Waals surface area contributed by atoms with Gasteiger partial charge in [-0.25, -0.2) is 0 Å². The number of nitrogens with one attached hydrogen (secondary N) is 1. The van der Waals surface area contributed by atoms with Crippen molar-refractivity contribution in [3.63, 3.8) is 0 Å². The van der Waals surface area contributed by atoms with Crippen molar-refractivity contribution >= 4 is 11.9 Å². The van der Waals surface area contributed by atoms with Crippen LogP contribution in [0.1, 0.15) is 26.7 Å². The first-order valence-electron chi connectivity index (χ1n) is 7.13. The summed E-state index contributed by atoms with van der Waals surface area (Å²) in [6, 6.07) is 0.388. The van der Waals surface area contributed by atoms with Gasteiger partial charge in [0.2, 0.25) is 11.9 Å². The second-order valence-corrected chi connectivity index (χ2v) is 5.05. The summed E-state index contributed by atoms with van der Waals surface area (Å²) in [5.74, 6) is 1.48. The van der Waals surface area contributed by atoms with Crippen molar-refractivity contribution < 1.29 is 9.84 Å². The molecule has 2 heterocycles. The Balaban J connectivity index is 2.25. The lowest BCUT2D eigenvalue weighted by Crippen LogP contribution is -2.36. The van der Waals surface area contributed by atoms with Gasteiger partial charge in [-0.05, 0) is 18.8 Å². The second kappa shape index (κ2) is 6.69. The maximum atomic E-state index is 9.55. The number of hydrogen-bond donors (Lipinski definition) is 2. The van der Waals surface area contributed by atoms with Crippen molar-refractivity contribution in [3.8, 4) is 6.01 Å². The second-order valence-electron chi connectivity index (χ2n) is 5.05. The van der Waals surface area contributed by atoms with Gasteiger partial charge >= 0.3 is 6.01 Å². The third-order valence-corrected chi connectivity index (χ3v) is 3.59. The normalized spacial score (nSPS) is 22.1. The molecular formula is C13H23N5O2. The van der Waals surface area contributed by atoms with E-state index in [-0.39, 0.29) is 12.6 Å². The first-order valence-corrected chi connectivity index (χ1v) is 7.13. The molecule has 1 fully saturated rings. The van der Waals surface area contributed by atoms with Gasteiger partial charge in [0.15, 0.2) is 0 Å². The topological polar surface area (TPSA) is 83.4 Å². The van der Waals surface area contributed by atoms with E-state index in [1.54, 1.807) is 7.05 Å². The zero-order valence-electron chi connectivity index (χ0n) is 12.3. The van der Waals surface area contributed by atoms with Gasteiger partial charge in [-0.1, -0.05) is 13.8 Å². The van der Waals surface area contributed by atoms with Crippen molar-refractivity contribution in [2.75, 3.05) is 37.0 Å². The van der Waals surface area contributed by atoms with E-state index in [0.29, 0.717) is 30.4 Å². The van der Waals surface area contributed by atoms with Crippen molar-refractivity contribution in [3.05, 3.63) is 0 Å². The molecule has 7 heteroatoms. The van der Waals surface area contributed by atoms with E-state index in [4.69, 9.17) is 4.74 Å². The third-order valence-electron chi connectivity index (χ3n) is 3.59. The Labute approximate surface area is 119 Å². The van der Waals surface area contributed by atoms with E-state index >= 15 is 0 Å². The summed E-state index contributed by atoms with van der Waals surface area (Å²) in [5.41, 5.74) is 0. The van der Waals surface area contributed by atoms with E-state index in [9.17, 15) is 5.11 Å². The predicted octanol–water partition coefficient (Wildman–Crippen LogP) is 0.909. The van der Waals surface area contributed by atoms with Crippen molar-refractivity contribution in [1.29, 1.82) is 0 Å². The monoisotopic (exact) mass is 281 g/mol. The number of nitrogens with zero attached hydrogens (tertiary/aromatic N) is 4. The largest absolute Gasteiger partial charge is 0.463 e. The van der Waals surface area contributed by atoms with Crippen LogP contribution in [-0.4, -0.2) is 52.9 Å². The fraction of sp³-hybridized carbons (Fsp3) is 0.769. The zero-order chi connectivity index (χ0) is 14.5. The summed E-state index contributed by atoms with van der Waals surface area (Å²) < 4.78 is 5.50. The van der Waals surface area contributed by atoms with Gasteiger partial charge in [0.05, 0.1) is 19.3 Å². The summed E-state index contributed by atoms with van der Waals surface area (Å²) in [7, 11) is 1.76. The van der Waals surface area contributed by atoms with Crippen LogP contribution in [0, 0.1) is 5.92 Å². The van der Waals surface area contributed by atoms with Gasteiger partial charge < -0.3 is 20.1 Å². The lowest BCUT2D eigenvalue weighted by Gasteiger charge is -2.25. The Morgan fingerprint density at radius 2 is 2.20 bits per heavy atom. The Hall–Kier alpha value is -1.63. The van der Waals surface area contributed by atoms with Gasteiger partial charge in [-0.2, -0.15) is 15.0 Å². The molecule has 1 saturated heterocycles. The van der Waals surface area contributed by atoms with Crippen LogP contribution in [0.25, 0.3) is 0 Å². The van der Waals surface area contributed by atoms with E-state index < -0.39 is 0 Å². The number of ether oxygens (including phenoxy) is 1. The minimum Gasteiger partial charge on any atom is -0.463 e. The zero-order valence-corrected chi connectivity index (χ0v) is 12.3. The van der Waals surface area contributed by atoms with Gasteiger partial charge in [0.25, 0.3) is 0 Å². The molecule has 20 heavy (non-hydrogen) atoms. The first-order chi connectivity index (χ1) is 9.69. The minimum absolute atomic E-state index is 0.0566. The lowest BCUT2D eigenvalue weighted by atomic mass is 10.0. The predicted molar refractivity (Wildman–Crippen MR) is 77.2 cm³/mol. The summed E-state index contributed by atoms with van der Waals surface area (Å²) in [6.07, 6.45) is 1.92. The molecule has 112 valence electrons. The maximum Gasteiger partial charge on any atom is 0.323 e. The van der Waals surface area contributed by atoms with Crippen molar-refractivity contribution in [2.24, 2.45) is 5.92 Å². The number of aliphatic hydroxyl groups is 1. The fourth-order valence-electron chi connectivity index (χ4n) is 2.38. The van der Waals surface area contributed by atoms with Gasteiger partial charge in [0, 0.05) is 13.6 Å². The van der Waals surface area contributed by atoms with Crippen LogP contribution in [0.3, 0.4) is 0 Å². The van der Waals surface area contributed by atoms with Gasteiger partial charge in [0.1, 0.15) is 0 Å². The number of aromatic nitrogens is 3. The Morgan fingerprint density at radius 1 is 1.40 bits per heavy atom. The molecule has 0 amide bonds. The molecule has 7 nitrogen and oxygen atoms in total. The van der Waals surface area contributed by atoms with Crippen LogP contribution in [0.5, 0.6) is 6.01 Å². The molecule has 0 aromatic carbocycles. The number of aliphatic hydroxyl groups excluding tert-OH is 1. The molecule has 0 radical (unpaired) electrons. The van der Waals surface area contributed by atoms with E-state index in [0.717, 1.165) is 19.4 Å². The molecule has 2 rings (SSSR count). The molecule has 1 aromatic rings. The van der Waals surface area contributed by atoms with Gasteiger partial charge in [-0.15, -0.1) is 0 Å². The molecule has 2 unspecified atom stereocenters. The molecule has 0 bridgehead atoms. The molecule has 2 N–H and O–H groups in total. The average molecular weight is 281 g/mol. The average Bonchev–Trinajstić information content (AvgIpc) is 2.85. The minimum atomic E-state index is 0.0566. The Bertz CT molecular complexity index is 443. The van der Waals surface area contributed by atoms with Crippen molar-refractivity contribution in [1.82, 2.24) is 15.0 Å².